The molecule has 0 atom stereocenters. The third-order valence-corrected chi connectivity index (χ3v) is 5.98. The van der Waals surface area contributed by atoms with Gasteiger partial charge in [0.1, 0.15) is 11.5 Å². The van der Waals surface area contributed by atoms with Crippen LogP contribution in [0.2, 0.25) is 0 Å². The number of amides is 1. The topological polar surface area (TPSA) is 91.2 Å². The van der Waals surface area contributed by atoms with Gasteiger partial charge in [0.25, 0.3) is 0 Å². The van der Waals surface area contributed by atoms with E-state index in [1.54, 1.807) is 12.4 Å². The normalized spacial score (nSPS) is 11.1. The minimum Gasteiger partial charge on any atom is -0.372 e. The maximum absolute atomic E-state index is 12.2. The number of carbonyl (C=O) groups is 1. The smallest absolute Gasteiger partial charge is 0.247 e. The molecule has 0 aliphatic heterocycles. The third kappa shape index (κ3) is 5.36. The average Bonchev–Trinajstić information content (AvgIpc) is 3.21. The molecule has 3 heterocycles. The van der Waals surface area contributed by atoms with Crippen LogP contribution < -0.4 is 15.5 Å². The van der Waals surface area contributed by atoms with Crippen LogP contribution in [-0.2, 0) is 4.79 Å². The molecule has 0 aliphatic carbocycles. The largest absolute Gasteiger partial charge is 0.372 e. The fourth-order valence-corrected chi connectivity index (χ4v) is 3.96. The summed E-state index contributed by atoms with van der Waals surface area (Å²) in [5.74, 6) is 0.885. The maximum Gasteiger partial charge on any atom is 0.247 e. The molecule has 1 aromatic carbocycles. The molecule has 0 radical (unpaired) electrons. The molecule has 0 spiro atoms. The second kappa shape index (κ2) is 10.6. The monoisotopic (exact) mass is 484 g/mol. The van der Waals surface area contributed by atoms with E-state index in [1.807, 2.05) is 69.2 Å². The summed E-state index contributed by atoms with van der Waals surface area (Å²) >= 11 is 0. The third-order valence-electron chi connectivity index (χ3n) is 5.98. The number of aryl methyl sites for hydroxylation is 2. The van der Waals surface area contributed by atoms with Gasteiger partial charge in [-0.15, -0.1) is 0 Å². The van der Waals surface area contributed by atoms with E-state index in [4.69, 9.17) is 4.98 Å². The van der Waals surface area contributed by atoms with E-state index in [1.165, 1.54) is 6.08 Å². The molecule has 4 rings (SSSR count). The van der Waals surface area contributed by atoms with Crippen molar-refractivity contribution in [1.82, 2.24) is 24.4 Å². The summed E-state index contributed by atoms with van der Waals surface area (Å²) in [6.07, 6.45) is 6.78. The lowest BCUT2D eigenvalue weighted by atomic mass is 10.1. The van der Waals surface area contributed by atoms with Gasteiger partial charge >= 0.3 is 0 Å². The van der Waals surface area contributed by atoms with Crippen molar-refractivity contribution < 1.29 is 4.79 Å². The second-order valence-electron chi connectivity index (χ2n) is 9.02. The van der Waals surface area contributed by atoms with Crippen LogP contribution in [0.5, 0.6) is 0 Å². The molecular weight excluding hydrogens is 452 g/mol. The first-order valence-corrected chi connectivity index (χ1v) is 11.7. The van der Waals surface area contributed by atoms with Gasteiger partial charge in [0.2, 0.25) is 11.9 Å². The van der Waals surface area contributed by atoms with Crippen molar-refractivity contribution >= 4 is 40.0 Å². The molecule has 36 heavy (non-hydrogen) atoms. The number of likely N-dealkylation sites (N-methyl/N-ethyl adjacent to an activating group) is 2. The van der Waals surface area contributed by atoms with Gasteiger partial charge in [0, 0.05) is 49.8 Å². The van der Waals surface area contributed by atoms with Crippen molar-refractivity contribution in [3.05, 3.63) is 72.7 Å². The molecule has 0 bridgehead atoms. The Bertz CT molecular complexity index is 1410. The first-order chi connectivity index (χ1) is 17.3. The minimum atomic E-state index is -0.271. The Kier molecular flexibility index (Phi) is 7.30. The summed E-state index contributed by atoms with van der Waals surface area (Å²) in [5.41, 5.74) is 5.36. The van der Waals surface area contributed by atoms with Crippen molar-refractivity contribution in [3.8, 4) is 5.82 Å². The molecule has 4 aromatic rings. The lowest BCUT2D eigenvalue weighted by Crippen LogP contribution is -2.29. The highest BCUT2D eigenvalue weighted by molar-refractivity contribution is 6.02. The van der Waals surface area contributed by atoms with Crippen molar-refractivity contribution in [2.24, 2.45) is 0 Å². The van der Waals surface area contributed by atoms with Crippen LogP contribution in [0, 0.1) is 13.8 Å². The molecule has 0 fully saturated rings. The number of pyridine rings is 1. The van der Waals surface area contributed by atoms with Crippen molar-refractivity contribution in [3.63, 3.8) is 0 Å². The van der Waals surface area contributed by atoms with Gasteiger partial charge in [-0.3, -0.25) is 9.36 Å². The maximum atomic E-state index is 12.2. The summed E-state index contributed by atoms with van der Waals surface area (Å²) < 4.78 is 1.96. The molecule has 1 amide bonds. The van der Waals surface area contributed by atoms with Crippen LogP contribution in [0.15, 0.2) is 61.6 Å². The molecule has 0 saturated carbocycles. The van der Waals surface area contributed by atoms with Crippen molar-refractivity contribution in [1.29, 1.82) is 0 Å². The first-order valence-electron chi connectivity index (χ1n) is 11.7. The Morgan fingerprint density at radius 1 is 1.06 bits per heavy atom. The Labute approximate surface area is 211 Å². The number of nitrogens with zero attached hydrogens (tertiary/aromatic N) is 6. The standard InChI is InChI=1S/C27H32N8O/c1-7-25(36)30-22-16-21(18(2)15-23(22)34(6)14-13-33(4)5)31-27-29-12-10-24(32-27)35-17-19(3)20-9-8-11-28-26(20)35/h7-12,15-17H,1,13-14H2,2-6H3,(H,30,36)(H,29,31,32). The molecule has 2 N–H and O–H groups in total. The van der Waals surface area contributed by atoms with E-state index >= 15 is 0 Å². The number of hydrogen-bond donors (Lipinski definition) is 2. The number of rotatable bonds is 9. The Morgan fingerprint density at radius 2 is 1.86 bits per heavy atom. The molecule has 0 unspecified atom stereocenters. The zero-order chi connectivity index (χ0) is 25.8. The zero-order valence-corrected chi connectivity index (χ0v) is 21.4. The fraction of sp³-hybridized carbons (Fsp3) is 0.259. The summed E-state index contributed by atoms with van der Waals surface area (Å²) in [6, 6.07) is 9.79. The predicted octanol–water partition coefficient (Wildman–Crippen LogP) is 4.30. The molecular formula is C27H32N8O. The number of nitrogens with one attached hydrogen (secondary N) is 2. The van der Waals surface area contributed by atoms with E-state index in [9.17, 15) is 4.79 Å². The Hall–Kier alpha value is -4.24. The Morgan fingerprint density at radius 3 is 2.61 bits per heavy atom. The van der Waals surface area contributed by atoms with Gasteiger partial charge < -0.3 is 20.4 Å². The summed E-state index contributed by atoms with van der Waals surface area (Å²) in [7, 11) is 6.09. The number of benzene rings is 1. The fourth-order valence-electron chi connectivity index (χ4n) is 3.96. The molecule has 9 heteroatoms. The highest BCUT2D eigenvalue weighted by atomic mass is 16.1. The van der Waals surface area contributed by atoms with Gasteiger partial charge in [-0.05, 0) is 75.5 Å². The summed E-state index contributed by atoms with van der Waals surface area (Å²) in [5, 5.41) is 7.34. The van der Waals surface area contributed by atoms with Crippen molar-refractivity contribution in [2.45, 2.75) is 13.8 Å². The number of carbonyl (C=O) groups excluding carboxylic acids is 1. The molecule has 0 saturated heterocycles. The zero-order valence-electron chi connectivity index (χ0n) is 21.4. The van der Waals surface area contributed by atoms with E-state index in [0.717, 1.165) is 46.6 Å². The highest BCUT2D eigenvalue weighted by Crippen LogP contribution is 2.33. The van der Waals surface area contributed by atoms with Crippen molar-refractivity contribution in [2.75, 3.05) is 49.8 Å². The van der Waals surface area contributed by atoms with Crippen LogP contribution in [-0.4, -0.2) is 64.6 Å². The number of aromatic nitrogens is 4. The highest BCUT2D eigenvalue weighted by Gasteiger charge is 2.15. The predicted molar refractivity (Wildman–Crippen MR) is 147 cm³/mol. The van der Waals surface area contributed by atoms with Gasteiger partial charge in [0.05, 0.1) is 11.4 Å². The van der Waals surface area contributed by atoms with E-state index in [0.29, 0.717) is 17.5 Å². The SMILES string of the molecule is C=CC(=O)Nc1cc(Nc2nccc(-n3cc(C)c4cccnc43)n2)c(C)cc1N(C)CCN(C)C. The number of anilines is 4. The van der Waals surface area contributed by atoms with E-state index in [2.05, 4.69) is 43.9 Å². The quantitative estimate of drug-likeness (QED) is 0.342. The summed E-state index contributed by atoms with van der Waals surface area (Å²) in [6.45, 7) is 9.34. The molecule has 9 nitrogen and oxygen atoms in total. The van der Waals surface area contributed by atoms with E-state index < -0.39 is 0 Å². The molecule has 186 valence electrons. The molecule has 3 aromatic heterocycles. The Balaban J connectivity index is 1.67. The van der Waals surface area contributed by atoms with Crippen LogP contribution in [0.3, 0.4) is 0 Å². The summed E-state index contributed by atoms with van der Waals surface area (Å²) in [4.78, 5) is 30.1. The number of fused-ring (bicyclic) bond motifs is 1. The second-order valence-corrected chi connectivity index (χ2v) is 9.02. The lowest BCUT2D eigenvalue weighted by Gasteiger charge is -2.25. The minimum absolute atomic E-state index is 0.271. The van der Waals surface area contributed by atoms with E-state index in [-0.39, 0.29) is 5.91 Å². The van der Waals surface area contributed by atoms with Gasteiger partial charge in [0.15, 0.2) is 0 Å². The molecule has 0 aliphatic rings. The van der Waals surface area contributed by atoms with Gasteiger partial charge in [-0.2, -0.15) is 4.98 Å². The van der Waals surface area contributed by atoms with Gasteiger partial charge in [-0.1, -0.05) is 6.58 Å². The van der Waals surface area contributed by atoms with Gasteiger partial charge in [-0.25, -0.2) is 9.97 Å². The number of hydrogen-bond acceptors (Lipinski definition) is 7. The first kappa shape index (κ1) is 24.9. The average molecular weight is 485 g/mol. The lowest BCUT2D eigenvalue weighted by molar-refractivity contribution is -0.111. The van der Waals surface area contributed by atoms with Crippen LogP contribution in [0.25, 0.3) is 16.9 Å². The van der Waals surface area contributed by atoms with Crippen LogP contribution in [0.4, 0.5) is 23.0 Å². The van der Waals surface area contributed by atoms with Crippen LogP contribution in [0.1, 0.15) is 11.1 Å². The van der Waals surface area contributed by atoms with Crippen LogP contribution >= 0.6 is 0 Å².